The van der Waals surface area contributed by atoms with Crippen LogP contribution >= 0.6 is 11.6 Å². The van der Waals surface area contributed by atoms with Crippen LogP contribution in [0.1, 0.15) is 12.0 Å². The Kier molecular flexibility index (Phi) is 5.62. The lowest BCUT2D eigenvalue weighted by Gasteiger charge is -2.18. The zero-order valence-electron chi connectivity index (χ0n) is 14.6. The van der Waals surface area contributed by atoms with Crippen molar-refractivity contribution in [2.45, 2.75) is 6.42 Å². The Bertz CT molecular complexity index is 1120. The van der Waals surface area contributed by atoms with Crippen LogP contribution in [0.3, 0.4) is 0 Å². The molecule has 152 valence electrons. The van der Waals surface area contributed by atoms with Crippen molar-refractivity contribution in [1.82, 2.24) is 9.97 Å². The zero-order chi connectivity index (χ0) is 21.3. The van der Waals surface area contributed by atoms with Gasteiger partial charge in [-0.1, -0.05) is 11.6 Å². The average Bonchev–Trinajstić information content (AvgIpc) is 3.10. The van der Waals surface area contributed by atoms with E-state index in [1.54, 1.807) is 0 Å². The Balaban J connectivity index is 1.99. The fourth-order valence-corrected chi connectivity index (χ4v) is 2.71. The molecule has 0 radical (unpaired) electrons. The number of H-pyrrole nitrogens is 1. The molecule has 1 amide bonds. The normalized spacial score (nSPS) is 10.9. The molecule has 1 aromatic heterocycles. The van der Waals surface area contributed by atoms with Crippen LogP contribution in [0.25, 0.3) is 11.0 Å². The largest absolute Gasteiger partial charge is 0.370 e. The van der Waals surface area contributed by atoms with Crippen LogP contribution in [0.15, 0.2) is 24.3 Å². The molecule has 0 aliphatic carbocycles. The first-order chi connectivity index (χ1) is 13.7. The second-order valence-electron chi connectivity index (χ2n) is 5.93. The number of nitrogens with two attached hydrogens (primary N) is 1. The SMILES string of the molecule is N=C(c1cc(F)c(F)c2nc(NCCC(N)=O)[nH]c12)N(O)c1ccc(F)c(Cl)c1. The van der Waals surface area contributed by atoms with Gasteiger partial charge >= 0.3 is 0 Å². The summed E-state index contributed by atoms with van der Waals surface area (Å²) >= 11 is 5.67. The fraction of sp³-hybridized carbons (Fsp3) is 0.118. The standard InChI is InChI=1S/C17H14ClF3N6O2/c18-9-5-7(1-2-10(9)19)27(29)16(23)8-6-11(20)13(21)15-14(8)25-17(26-15)24-4-3-12(22)28/h1-2,5-6,23,29H,3-4H2,(H2,22,28)(H2,24,25,26). The minimum absolute atomic E-state index is 0.00844. The number of nitrogens with one attached hydrogen (secondary N) is 3. The number of fused-ring (bicyclic) bond motifs is 1. The quantitative estimate of drug-likeness (QED) is 0.235. The molecule has 0 saturated carbocycles. The van der Waals surface area contributed by atoms with Crippen molar-refractivity contribution < 1.29 is 23.2 Å². The lowest BCUT2D eigenvalue weighted by molar-refractivity contribution is -0.117. The maximum absolute atomic E-state index is 14.2. The number of halogens is 4. The van der Waals surface area contributed by atoms with Crippen LogP contribution in [-0.2, 0) is 4.79 Å². The van der Waals surface area contributed by atoms with Gasteiger partial charge in [0.1, 0.15) is 11.3 Å². The molecule has 0 aliphatic heterocycles. The number of anilines is 2. The molecule has 3 rings (SSSR count). The zero-order valence-corrected chi connectivity index (χ0v) is 15.3. The third-order valence-electron chi connectivity index (χ3n) is 3.94. The molecule has 29 heavy (non-hydrogen) atoms. The number of imidazole rings is 1. The molecule has 1 heterocycles. The van der Waals surface area contributed by atoms with Gasteiger partial charge in [-0.05, 0) is 24.3 Å². The van der Waals surface area contributed by atoms with Gasteiger partial charge in [0.15, 0.2) is 17.5 Å². The Hall–Kier alpha value is -3.31. The summed E-state index contributed by atoms with van der Waals surface area (Å²) in [5.41, 5.74) is 4.24. The summed E-state index contributed by atoms with van der Waals surface area (Å²) in [5, 5.41) is 21.2. The van der Waals surface area contributed by atoms with Crippen molar-refractivity contribution in [3.63, 3.8) is 0 Å². The third-order valence-corrected chi connectivity index (χ3v) is 4.23. The molecule has 8 nitrogen and oxygen atoms in total. The van der Waals surface area contributed by atoms with E-state index in [1.807, 2.05) is 0 Å². The molecule has 0 bridgehead atoms. The van der Waals surface area contributed by atoms with Gasteiger partial charge in [0, 0.05) is 18.5 Å². The van der Waals surface area contributed by atoms with Crippen LogP contribution in [0.4, 0.5) is 24.8 Å². The number of hydroxylamine groups is 1. The summed E-state index contributed by atoms with van der Waals surface area (Å²) in [6.07, 6.45) is -0.0215. The average molecular weight is 427 g/mol. The highest BCUT2D eigenvalue weighted by Gasteiger charge is 2.22. The number of aromatic amines is 1. The highest BCUT2D eigenvalue weighted by atomic mass is 35.5. The maximum atomic E-state index is 14.2. The summed E-state index contributed by atoms with van der Waals surface area (Å²) in [7, 11) is 0. The van der Waals surface area contributed by atoms with E-state index in [0.717, 1.165) is 18.2 Å². The van der Waals surface area contributed by atoms with Gasteiger partial charge in [0.2, 0.25) is 11.9 Å². The number of amides is 1. The van der Waals surface area contributed by atoms with Gasteiger partial charge in [-0.25, -0.2) is 23.2 Å². The second-order valence-corrected chi connectivity index (χ2v) is 6.34. The second kappa shape index (κ2) is 7.97. The fourth-order valence-electron chi connectivity index (χ4n) is 2.54. The number of carbonyl (C=O) groups is 1. The Morgan fingerprint density at radius 1 is 1.31 bits per heavy atom. The van der Waals surface area contributed by atoms with Gasteiger partial charge in [-0.2, -0.15) is 0 Å². The smallest absolute Gasteiger partial charge is 0.219 e. The van der Waals surface area contributed by atoms with Crippen molar-refractivity contribution in [3.05, 3.63) is 52.3 Å². The lowest BCUT2D eigenvalue weighted by atomic mass is 10.1. The molecule has 2 aromatic carbocycles. The Morgan fingerprint density at radius 2 is 2.03 bits per heavy atom. The van der Waals surface area contributed by atoms with Gasteiger partial charge in [0.05, 0.1) is 16.2 Å². The van der Waals surface area contributed by atoms with E-state index in [9.17, 15) is 23.2 Å². The molecule has 0 fully saturated rings. The van der Waals surface area contributed by atoms with Gasteiger partial charge < -0.3 is 16.0 Å². The van der Waals surface area contributed by atoms with Gasteiger partial charge in [-0.3, -0.25) is 15.4 Å². The molecule has 6 N–H and O–H groups in total. The van der Waals surface area contributed by atoms with E-state index in [2.05, 4.69) is 15.3 Å². The summed E-state index contributed by atoms with van der Waals surface area (Å²) in [6, 6.07) is 3.90. The number of primary amides is 1. The highest BCUT2D eigenvalue weighted by molar-refractivity contribution is 6.31. The van der Waals surface area contributed by atoms with E-state index in [4.69, 9.17) is 22.7 Å². The van der Waals surface area contributed by atoms with Crippen molar-refractivity contribution in [1.29, 1.82) is 5.41 Å². The Labute approximate surface area is 166 Å². The first kappa shape index (κ1) is 20.4. The number of benzene rings is 2. The molecule has 12 heteroatoms. The molecule has 0 unspecified atom stereocenters. The molecular formula is C17H14ClF3N6O2. The molecule has 0 saturated heterocycles. The summed E-state index contributed by atoms with van der Waals surface area (Å²) in [6.45, 7) is 0.0895. The number of nitrogens with zero attached hydrogens (tertiary/aromatic N) is 2. The number of hydrogen-bond donors (Lipinski definition) is 5. The summed E-state index contributed by atoms with van der Waals surface area (Å²) in [4.78, 5) is 17.3. The number of rotatable bonds is 6. The number of aromatic nitrogens is 2. The van der Waals surface area contributed by atoms with Gasteiger partial charge in [0.25, 0.3) is 0 Å². The molecular weight excluding hydrogens is 413 g/mol. The minimum Gasteiger partial charge on any atom is -0.370 e. The van der Waals surface area contributed by atoms with Crippen LogP contribution in [0.5, 0.6) is 0 Å². The van der Waals surface area contributed by atoms with E-state index < -0.39 is 34.7 Å². The van der Waals surface area contributed by atoms with E-state index in [0.29, 0.717) is 11.1 Å². The van der Waals surface area contributed by atoms with Crippen molar-refractivity contribution in [3.8, 4) is 0 Å². The number of amidine groups is 1. The first-order valence-corrected chi connectivity index (χ1v) is 8.49. The van der Waals surface area contributed by atoms with Crippen LogP contribution in [0.2, 0.25) is 5.02 Å². The lowest BCUT2D eigenvalue weighted by Crippen LogP contribution is -2.27. The first-order valence-electron chi connectivity index (χ1n) is 8.12. The van der Waals surface area contributed by atoms with Crippen molar-refractivity contribution >= 4 is 46.0 Å². The number of hydrogen-bond acceptors (Lipinski definition) is 5. The van der Waals surface area contributed by atoms with E-state index >= 15 is 0 Å². The van der Waals surface area contributed by atoms with Crippen molar-refractivity contribution in [2.24, 2.45) is 5.73 Å². The third kappa shape index (κ3) is 4.10. The molecule has 0 atom stereocenters. The molecule has 3 aromatic rings. The highest BCUT2D eigenvalue weighted by Crippen LogP contribution is 2.28. The van der Waals surface area contributed by atoms with Gasteiger partial charge in [-0.15, -0.1) is 0 Å². The van der Waals surface area contributed by atoms with Crippen LogP contribution in [-0.4, -0.2) is 33.5 Å². The van der Waals surface area contributed by atoms with Crippen molar-refractivity contribution in [2.75, 3.05) is 16.9 Å². The minimum atomic E-state index is -1.29. The predicted octanol–water partition coefficient (Wildman–Crippen LogP) is 3.14. The monoisotopic (exact) mass is 426 g/mol. The van der Waals surface area contributed by atoms with E-state index in [1.165, 1.54) is 0 Å². The van der Waals surface area contributed by atoms with Crippen LogP contribution < -0.4 is 16.1 Å². The van der Waals surface area contributed by atoms with E-state index in [-0.39, 0.29) is 40.7 Å². The molecule has 0 spiro atoms. The number of carbonyl (C=O) groups excluding carboxylic acids is 1. The van der Waals surface area contributed by atoms with Crippen LogP contribution in [0, 0.1) is 22.9 Å². The summed E-state index contributed by atoms with van der Waals surface area (Å²) < 4.78 is 41.5. The topological polar surface area (TPSA) is 131 Å². The molecule has 0 aliphatic rings. The predicted molar refractivity (Wildman–Crippen MR) is 101 cm³/mol. The Morgan fingerprint density at radius 3 is 2.69 bits per heavy atom. The maximum Gasteiger partial charge on any atom is 0.219 e. The summed E-state index contributed by atoms with van der Waals surface area (Å²) in [5.74, 6) is -4.49.